The lowest BCUT2D eigenvalue weighted by Gasteiger charge is -2.26. The Morgan fingerprint density at radius 1 is 0.273 bits per heavy atom. The Morgan fingerprint density at radius 3 is 1.18 bits per heavy atom. The molecule has 0 bridgehead atoms. The summed E-state index contributed by atoms with van der Waals surface area (Å²) in [4.78, 5) is 2.37. The minimum Gasteiger partial charge on any atom is -0.310 e. The van der Waals surface area contributed by atoms with Gasteiger partial charge in [-0.25, -0.2) is 0 Å². The third kappa shape index (κ3) is 5.13. The molecule has 55 heavy (non-hydrogen) atoms. The van der Waals surface area contributed by atoms with Crippen molar-refractivity contribution in [2.75, 3.05) is 4.90 Å². The van der Waals surface area contributed by atoms with E-state index in [1.165, 1.54) is 65.5 Å². The highest BCUT2D eigenvalue weighted by molar-refractivity contribution is 6.10. The number of hydrogen-bond donors (Lipinski definition) is 0. The highest BCUT2D eigenvalue weighted by Crippen LogP contribution is 2.40. The van der Waals surface area contributed by atoms with Crippen LogP contribution in [0.3, 0.4) is 0 Å². The van der Waals surface area contributed by atoms with E-state index in [9.17, 15) is 0 Å². The van der Waals surface area contributed by atoms with Crippen LogP contribution in [0.15, 0.2) is 212 Å². The molecule has 2 aromatic heterocycles. The molecule has 0 aliphatic heterocycles. The highest BCUT2D eigenvalue weighted by Gasteiger charge is 2.17. The van der Waals surface area contributed by atoms with Crippen LogP contribution in [0.2, 0.25) is 0 Å². The van der Waals surface area contributed by atoms with Gasteiger partial charge in [0.05, 0.1) is 22.1 Å². The van der Waals surface area contributed by atoms with E-state index in [4.69, 9.17) is 0 Å². The van der Waals surface area contributed by atoms with Crippen LogP contribution in [-0.4, -0.2) is 9.13 Å². The molecule has 0 aliphatic carbocycles. The molecule has 0 saturated carbocycles. The van der Waals surface area contributed by atoms with E-state index in [0.29, 0.717) is 0 Å². The Bertz CT molecular complexity index is 2940. The lowest BCUT2D eigenvalue weighted by Crippen LogP contribution is -2.10. The summed E-state index contributed by atoms with van der Waals surface area (Å²) in [5.41, 5.74) is 12.7. The van der Waals surface area contributed by atoms with Gasteiger partial charge in [-0.2, -0.15) is 0 Å². The van der Waals surface area contributed by atoms with Crippen molar-refractivity contribution >= 4 is 71.4 Å². The minimum absolute atomic E-state index is 1.09. The molecular weight excluding hydrogens is 667 g/mol. The number of fused-ring (bicyclic) bond motifs is 7. The maximum absolute atomic E-state index is 2.37. The molecule has 0 amide bonds. The first-order valence-electron chi connectivity index (χ1n) is 18.9. The normalized spacial score (nSPS) is 11.6. The molecule has 0 spiro atoms. The molecule has 11 aromatic rings. The van der Waals surface area contributed by atoms with Crippen LogP contribution in [0.1, 0.15) is 0 Å². The smallest absolute Gasteiger partial charge is 0.0541 e. The van der Waals surface area contributed by atoms with Crippen LogP contribution >= 0.6 is 0 Å². The van der Waals surface area contributed by atoms with Gasteiger partial charge in [0.15, 0.2) is 0 Å². The molecule has 0 unspecified atom stereocenters. The monoisotopic (exact) mass is 701 g/mol. The summed E-state index contributed by atoms with van der Waals surface area (Å²) in [6.45, 7) is 0. The molecule has 0 aliphatic rings. The fourth-order valence-electron chi connectivity index (χ4n) is 8.54. The molecule has 0 fully saturated rings. The summed E-state index contributed by atoms with van der Waals surface area (Å²) in [5.74, 6) is 0. The number of hydrogen-bond acceptors (Lipinski definition) is 1. The van der Waals surface area contributed by atoms with Crippen LogP contribution < -0.4 is 4.90 Å². The molecule has 0 radical (unpaired) electrons. The summed E-state index contributed by atoms with van der Waals surface area (Å²) in [6, 6.07) is 76.9. The zero-order chi connectivity index (χ0) is 36.3. The van der Waals surface area contributed by atoms with Gasteiger partial charge < -0.3 is 14.0 Å². The van der Waals surface area contributed by atoms with Crippen LogP contribution in [0.5, 0.6) is 0 Å². The van der Waals surface area contributed by atoms with E-state index in [0.717, 1.165) is 28.4 Å². The first-order chi connectivity index (χ1) is 27.3. The van der Waals surface area contributed by atoms with Crippen LogP contribution in [0.25, 0.3) is 76.9 Å². The molecule has 0 atom stereocenters. The van der Waals surface area contributed by atoms with E-state index in [2.05, 4.69) is 226 Å². The number of benzene rings is 9. The predicted octanol–water partition coefficient (Wildman–Crippen LogP) is 14.2. The standard InChI is InChI=1S/C52H35N3/c1-2-13-37-34-39(25-24-36(37)12-1)38-14-11-15-44(35-38)53(40-26-30-42(31-27-40)54-49-20-7-3-16-45(49)46-17-4-8-21-50(46)54)41-28-32-43(33-29-41)55-51-22-9-5-18-47(51)48-19-6-10-23-52(48)55/h1-35H. The number of anilines is 3. The van der Waals surface area contributed by atoms with Gasteiger partial charge in [0.2, 0.25) is 0 Å². The van der Waals surface area contributed by atoms with E-state index in [-0.39, 0.29) is 0 Å². The molecule has 258 valence electrons. The number of aromatic nitrogens is 2. The van der Waals surface area contributed by atoms with Crippen molar-refractivity contribution in [1.29, 1.82) is 0 Å². The number of para-hydroxylation sites is 4. The van der Waals surface area contributed by atoms with Gasteiger partial charge in [0, 0.05) is 50.0 Å². The van der Waals surface area contributed by atoms with Crippen molar-refractivity contribution in [3.63, 3.8) is 0 Å². The predicted molar refractivity (Wildman–Crippen MR) is 233 cm³/mol. The zero-order valence-electron chi connectivity index (χ0n) is 30.0. The fourth-order valence-corrected chi connectivity index (χ4v) is 8.54. The average Bonchev–Trinajstić information content (AvgIpc) is 3.77. The molecule has 2 heterocycles. The van der Waals surface area contributed by atoms with Crippen molar-refractivity contribution in [2.24, 2.45) is 0 Å². The molecule has 9 aromatic carbocycles. The van der Waals surface area contributed by atoms with Gasteiger partial charge in [-0.3, -0.25) is 0 Å². The Labute approximate surface area is 319 Å². The summed E-state index contributed by atoms with van der Waals surface area (Å²) < 4.78 is 4.75. The second-order valence-electron chi connectivity index (χ2n) is 14.2. The summed E-state index contributed by atoms with van der Waals surface area (Å²) in [7, 11) is 0. The average molecular weight is 702 g/mol. The third-order valence-corrected chi connectivity index (χ3v) is 11.1. The van der Waals surface area contributed by atoms with Gasteiger partial charge in [-0.05, 0) is 113 Å². The Kier molecular flexibility index (Phi) is 7.17. The van der Waals surface area contributed by atoms with Crippen molar-refractivity contribution < 1.29 is 0 Å². The van der Waals surface area contributed by atoms with Crippen molar-refractivity contribution in [3.05, 3.63) is 212 Å². The molecule has 3 nitrogen and oxygen atoms in total. The number of rotatable bonds is 6. The highest BCUT2D eigenvalue weighted by atomic mass is 15.1. The summed E-state index contributed by atoms with van der Waals surface area (Å²) in [5, 5.41) is 7.53. The quantitative estimate of drug-likeness (QED) is 0.168. The largest absolute Gasteiger partial charge is 0.310 e. The first-order valence-corrected chi connectivity index (χ1v) is 18.9. The topological polar surface area (TPSA) is 13.1 Å². The summed E-state index contributed by atoms with van der Waals surface area (Å²) in [6.07, 6.45) is 0. The van der Waals surface area contributed by atoms with Crippen LogP contribution in [0, 0.1) is 0 Å². The molecule has 0 saturated heterocycles. The first kappa shape index (κ1) is 31.2. The molecule has 0 N–H and O–H groups in total. The van der Waals surface area contributed by atoms with E-state index >= 15 is 0 Å². The second-order valence-corrected chi connectivity index (χ2v) is 14.2. The maximum atomic E-state index is 2.37. The van der Waals surface area contributed by atoms with Crippen LogP contribution in [-0.2, 0) is 0 Å². The van der Waals surface area contributed by atoms with E-state index < -0.39 is 0 Å². The van der Waals surface area contributed by atoms with Gasteiger partial charge in [0.1, 0.15) is 0 Å². The zero-order valence-corrected chi connectivity index (χ0v) is 30.0. The summed E-state index contributed by atoms with van der Waals surface area (Å²) >= 11 is 0. The third-order valence-electron chi connectivity index (χ3n) is 11.1. The Hall–Kier alpha value is -7.36. The Morgan fingerprint density at radius 2 is 0.691 bits per heavy atom. The number of nitrogens with zero attached hydrogens (tertiary/aromatic N) is 3. The van der Waals surface area contributed by atoms with E-state index in [1.54, 1.807) is 0 Å². The van der Waals surface area contributed by atoms with Gasteiger partial charge in [-0.15, -0.1) is 0 Å². The van der Waals surface area contributed by atoms with Crippen molar-refractivity contribution in [2.45, 2.75) is 0 Å². The van der Waals surface area contributed by atoms with Crippen molar-refractivity contribution in [3.8, 4) is 22.5 Å². The molecular formula is C52H35N3. The van der Waals surface area contributed by atoms with Crippen molar-refractivity contribution in [1.82, 2.24) is 9.13 Å². The van der Waals surface area contributed by atoms with Gasteiger partial charge >= 0.3 is 0 Å². The Balaban J connectivity index is 1.05. The van der Waals surface area contributed by atoms with E-state index in [1.807, 2.05) is 0 Å². The minimum atomic E-state index is 1.09. The SMILES string of the molecule is c1cc(-c2ccc3ccccc3c2)cc(N(c2ccc(-n3c4ccccc4c4ccccc43)cc2)c2ccc(-n3c4ccccc4c4ccccc43)cc2)c1. The fraction of sp³-hybridized carbons (Fsp3) is 0. The maximum Gasteiger partial charge on any atom is 0.0541 e. The van der Waals surface area contributed by atoms with Gasteiger partial charge in [0.25, 0.3) is 0 Å². The molecule has 3 heteroatoms. The van der Waals surface area contributed by atoms with Crippen LogP contribution in [0.4, 0.5) is 17.1 Å². The molecule has 11 rings (SSSR count). The lowest BCUT2D eigenvalue weighted by molar-refractivity contribution is 1.17. The lowest BCUT2D eigenvalue weighted by atomic mass is 10.0. The van der Waals surface area contributed by atoms with Gasteiger partial charge in [-0.1, -0.05) is 121 Å². The second kappa shape index (κ2) is 12.6.